The van der Waals surface area contributed by atoms with Crippen LogP contribution in [0.5, 0.6) is 0 Å². The van der Waals surface area contributed by atoms with Crippen molar-refractivity contribution in [3.8, 4) is 0 Å². The minimum atomic E-state index is -0.886. The minimum Gasteiger partial charge on any atom is -0.449 e. The monoisotopic (exact) mass is 406 g/mol. The highest BCUT2D eigenvalue weighted by Gasteiger charge is 2.26. The summed E-state index contributed by atoms with van der Waals surface area (Å²) in [6.45, 7) is 2.77. The molecule has 152 valence electrons. The number of nitrogens with one attached hydrogen (secondary N) is 1. The van der Waals surface area contributed by atoms with E-state index in [9.17, 15) is 14.4 Å². The highest BCUT2D eigenvalue weighted by Crippen LogP contribution is 2.30. The smallest absolute Gasteiger partial charge is 0.338 e. The molecular formula is C21H27ClN2O4. The molecule has 0 bridgehead atoms. The number of hydrogen-bond donors (Lipinski definition) is 1. The Balaban J connectivity index is 1.57. The number of halogens is 1. The van der Waals surface area contributed by atoms with E-state index in [4.69, 9.17) is 16.3 Å². The number of rotatable bonds is 6. The molecule has 1 atom stereocenters. The average Bonchev–Trinajstić information content (AvgIpc) is 3.12. The van der Waals surface area contributed by atoms with Gasteiger partial charge in [-0.15, -0.1) is 0 Å². The van der Waals surface area contributed by atoms with E-state index >= 15 is 0 Å². The maximum Gasteiger partial charge on any atom is 0.338 e. The molecule has 3 rings (SSSR count). The van der Waals surface area contributed by atoms with Crippen LogP contribution in [-0.4, -0.2) is 37.0 Å². The second kappa shape index (κ2) is 9.41. The van der Waals surface area contributed by atoms with E-state index in [0.717, 1.165) is 19.3 Å². The summed E-state index contributed by atoms with van der Waals surface area (Å²) < 4.78 is 5.32. The number of hydrogen-bond acceptors (Lipinski definition) is 4. The molecule has 1 N–H and O–H groups in total. The van der Waals surface area contributed by atoms with Crippen molar-refractivity contribution in [3.63, 3.8) is 0 Å². The molecule has 2 amide bonds. The summed E-state index contributed by atoms with van der Waals surface area (Å²) in [5, 5.41) is 3.30. The van der Waals surface area contributed by atoms with Crippen LogP contribution in [0.1, 0.15) is 62.2 Å². The highest BCUT2D eigenvalue weighted by atomic mass is 35.5. The van der Waals surface area contributed by atoms with Crippen molar-refractivity contribution in [1.82, 2.24) is 5.32 Å². The first-order chi connectivity index (χ1) is 13.5. The Hall–Kier alpha value is -2.08. The van der Waals surface area contributed by atoms with Crippen LogP contribution in [0.4, 0.5) is 5.69 Å². The van der Waals surface area contributed by atoms with Crippen LogP contribution in [0.15, 0.2) is 18.2 Å². The largest absolute Gasteiger partial charge is 0.449 e. The molecule has 6 nitrogen and oxygen atoms in total. The zero-order chi connectivity index (χ0) is 20.1. The topological polar surface area (TPSA) is 75.7 Å². The normalized spacial score (nSPS) is 18.8. The van der Waals surface area contributed by atoms with Crippen molar-refractivity contribution < 1.29 is 19.1 Å². The van der Waals surface area contributed by atoms with Crippen LogP contribution in [0.3, 0.4) is 0 Å². The molecule has 2 aliphatic rings. The number of carbonyl (C=O) groups is 3. The lowest BCUT2D eigenvalue weighted by Gasteiger charge is -2.22. The molecule has 0 spiro atoms. The second-order valence-corrected chi connectivity index (χ2v) is 8.02. The van der Waals surface area contributed by atoms with Crippen LogP contribution in [-0.2, 0) is 14.3 Å². The Morgan fingerprint density at radius 2 is 2.00 bits per heavy atom. The van der Waals surface area contributed by atoms with Gasteiger partial charge in [-0.2, -0.15) is 0 Å². The van der Waals surface area contributed by atoms with Gasteiger partial charge >= 0.3 is 5.97 Å². The zero-order valence-electron chi connectivity index (χ0n) is 16.2. The van der Waals surface area contributed by atoms with E-state index in [0.29, 0.717) is 36.1 Å². The Kier molecular flexibility index (Phi) is 6.94. The number of ether oxygens (including phenoxy) is 1. The Morgan fingerprint density at radius 3 is 2.68 bits per heavy atom. The molecule has 1 aliphatic carbocycles. The maximum atomic E-state index is 12.5. The van der Waals surface area contributed by atoms with Gasteiger partial charge in [0.25, 0.3) is 5.91 Å². The van der Waals surface area contributed by atoms with Crippen LogP contribution in [0, 0.1) is 5.92 Å². The Bertz CT molecular complexity index is 746. The van der Waals surface area contributed by atoms with Crippen LogP contribution in [0.2, 0.25) is 5.02 Å². The SMILES string of the molecule is C[C@@H](OC(=O)c1ccc(Cl)c(N2CCCC2=O)c1)C(=O)NCC1CCCCC1. The maximum absolute atomic E-state index is 12.5. The molecule has 0 unspecified atom stereocenters. The lowest BCUT2D eigenvalue weighted by molar-refractivity contribution is -0.129. The number of carbonyl (C=O) groups excluding carboxylic acids is 3. The number of amides is 2. The zero-order valence-corrected chi connectivity index (χ0v) is 17.0. The van der Waals surface area contributed by atoms with Crippen molar-refractivity contribution in [1.29, 1.82) is 0 Å². The molecular weight excluding hydrogens is 380 g/mol. The molecule has 1 heterocycles. The number of benzene rings is 1. The molecule has 0 radical (unpaired) electrons. The average molecular weight is 407 g/mol. The van der Waals surface area contributed by atoms with E-state index < -0.39 is 12.1 Å². The van der Waals surface area contributed by atoms with Gasteiger partial charge in [0.2, 0.25) is 5.91 Å². The van der Waals surface area contributed by atoms with Gasteiger partial charge in [0.15, 0.2) is 6.10 Å². The summed E-state index contributed by atoms with van der Waals surface area (Å²) in [7, 11) is 0. The van der Waals surface area contributed by atoms with Crippen molar-refractivity contribution in [2.75, 3.05) is 18.0 Å². The number of nitrogens with zero attached hydrogens (tertiary/aromatic N) is 1. The molecule has 1 aliphatic heterocycles. The van der Waals surface area contributed by atoms with Gasteiger partial charge in [0.1, 0.15) is 0 Å². The van der Waals surface area contributed by atoms with Gasteiger partial charge in [-0.1, -0.05) is 30.9 Å². The lowest BCUT2D eigenvalue weighted by Crippen LogP contribution is -2.38. The fraction of sp³-hybridized carbons (Fsp3) is 0.571. The third-order valence-electron chi connectivity index (χ3n) is 5.49. The Morgan fingerprint density at radius 1 is 1.25 bits per heavy atom. The summed E-state index contributed by atoms with van der Waals surface area (Å²) in [6.07, 6.45) is 6.32. The number of anilines is 1. The minimum absolute atomic E-state index is 0.0112. The second-order valence-electron chi connectivity index (χ2n) is 7.61. The van der Waals surface area contributed by atoms with Crippen molar-refractivity contribution >= 4 is 35.1 Å². The summed E-state index contributed by atoms with van der Waals surface area (Å²) in [6, 6.07) is 4.68. The molecule has 2 fully saturated rings. The van der Waals surface area contributed by atoms with E-state index in [2.05, 4.69) is 5.32 Å². The molecule has 1 aromatic rings. The van der Waals surface area contributed by atoms with Crippen LogP contribution in [0.25, 0.3) is 0 Å². The first kappa shape index (κ1) is 20.6. The van der Waals surface area contributed by atoms with Gasteiger partial charge in [-0.05, 0) is 50.3 Å². The predicted molar refractivity (Wildman–Crippen MR) is 108 cm³/mol. The van der Waals surface area contributed by atoms with Gasteiger partial charge < -0.3 is 15.0 Å². The summed E-state index contributed by atoms with van der Waals surface area (Å²) in [4.78, 5) is 38.3. The van der Waals surface area contributed by atoms with Crippen molar-refractivity contribution in [3.05, 3.63) is 28.8 Å². The quantitative estimate of drug-likeness (QED) is 0.730. The van der Waals surface area contributed by atoms with E-state index in [1.54, 1.807) is 30.0 Å². The fourth-order valence-corrected chi connectivity index (χ4v) is 4.03. The summed E-state index contributed by atoms with van der Waals surface area (Å²) >= 11 is 6.21. The van der Waals surface area contributed by atoms with Gasteiger partial charge in [-0.3, -0.25) is 9.59 Å². The molecule has 1 saturated carbocycles. The van der Waals surface area contributed by atoms with E-state index in [1.807, 2.05) is 0 Å². The molecule has 1 saturated heterocycles. The van der Waals surface area contributed by atoms with E-state index in [1.165, 1.54) is 19.3 Å². The fourth-order valence-electron chi connectivity index (χ4n) is 3.81. The van der Waals surface area contributed by atoms with E-state index in [-0.39, 0.29) is 17.4 Å². The number of esters is 1. The molecule has 1 aromatic carbocycles. The third-order valence-corrected chi connectivity index (χ3v) is 5.81. The lowest BCUT2D eigenvalue weighted by atomic mass is 9.89. The van der Waals surface area contributed by atoms with Gasteiger partial charge in [0, 0.05) is 19.5 Å². The van der Waals surface area contributed by atoms with Gasteiger partial charge in [-0.25, -0.2) is 4.79 Å². The Labute approximate surface area is 170 Å². The molecule has 28 heavy (non-hydrogen) atoms. The first-order valence-corrected chi connectivity index (χ1v) is 10.4. The molecule has 0 aromatic heterocycles. The van der Waals surface area contributed by atoms with Crippen molar-refractivity contribution in [2.45, 2.75) is 58.0 Å². The van der Waals surface area contributed by atoms with Gasteiger partial charge in [0.05, 0.1) is 16.3 Å². The summed E-state index contributed by atoms with van der Waals surface area (Å²) in [5.74, 6) is -0.395. The standard InChI is InChI=1S/C21H27ClN2O4/c1-14(20(26)23-13-15-6-3-2-4-7-15)28-21(27)16-9-10-17(22)18(12-16)24-11-5-8-19(24)25/h9-10,12,14-15H,2-8,11,13H2,1H3,(H,23,26)/t14-/m1/s1. The molecule has 7 heteroatoms. The van der Waals surface area contributed by atoms with Crippen LogP contribution >= 0.6 is 11.6 Å². The first-order valence-electron chi connectivity index (χ1n) is 10.0. The van der Waals surface area contributed by atoms with Crippen molar-refractivity contribution in [2.24, 2.45) is 5.92 Å². The van der Waals surface area contributed by atoms with Crippen LogP contribution < -0.4 is 10.2 Å². The third kappa shape index (κ3) is 5.04. The predicted octanol–water partition coefficient (Wildman–Crippen LogP) is 3.71. The summed E-state index contributed by atoms with van der Waals surface area (Å²) in [5.41, 5.74) is 0.777. The highest BCUT2D eigenvalue weighted by molar-refractivity contribution is 6.34.